The fourth-order valence-corrected chi connectivity index (χ4v) is 4.11. The summed E-state index contributed by atoms with van der Waals surface area (Å²) in [6.07, 6.45) is 6.54. The molecule has 1 aliphatic heterocycles. The molecule has 1 saturated carbocycles. The highest BCUT2D eigenvalue weighted by atomic mass is 19.3. The van der Waals surface area contributed by atoms with Crippen LogP contribution in [0.25, 0.3) is 11.1 Å². The molecule has 0 bridgehead atoms. The summed E-state index contributed by atoms with van der Waals surface area (Å²) < 4.78 is 48.1. The molecular weight excluding hydrogens is 391 g/mol. The Kier molecular flexibility index (Phi) is 5.90. The number of aliphatic imine (C=N–C) groups is 1. The minimum atomic E-state index is -2.64. The Balaban J connectivity index is 1.85. The molecule has 7 heteroatoms. The summed E-state index contributed by atoms with van der Waals surface area (Å²) >= 11 is 0. The third-order valence-corrected chi connectivity index (χ3v) is 5.58. The molecule has 0 saturated heterocycles. The summed E-state index contributed by atoms with van der Waals surface area (Å²) in [7, 11) is 0. The second kappa shape index (κ2) is 8.60. The number of benzene rings is 1. The van der Waals surface area contributed by atoms with Crippen LogP contribution in [0, 0.1) is 5.82 Å². The van der Waals surface area contributed by atoms with Gasteiger partial charge in [0.2, 0.25) is 12.3 Å². The van der Waals surface area contributed by atoms with Crippen LogP contribution in [0.1, 0.15) is 44.2 Å². The molecule has 1 fully saturated rings. The summed E-state index contributed by atoms with van der Waals surface area (Å²) in [6.45, 7) is 2.31. The molecule has 4 rings (SSSR count). The third kappa shape index (κ3) is 4.12. The van der Waals surface area contributed by atoms with Gasteiger partial charge < -0.3 is 9.64 Å². The van der Waals surface area contributed by atoms with Gasteiger partial charge in [-0.05, 0) is 38.0 Å². The van der Waals surface area contributed by atoms with Gasteiger partial charge in [-0.25, -0.2) is 18.2 Å². The lowest BCUT2D eigenvalue weighted by Crippen LogP contribution is -2.35. The standard InChI is InChI=1S/C23H24F3N3O/c1-2-30-22-28-13-5-15-29(22)21-18(17-6-3-4-7-19(17)24)10-14-27-20(21)16-8-11-23(25,26)12-9-16/h3-7,10,13-16,22H,2,8-9,11-12H2,1H3. The number of halogens is 3. The predicted octanol–water partition coefficient (Wildman–Crippen LogP) is 5.91. The molecule has 0 N–H and O–H groups in total. The molecule has 158 valence electrons. The van der Waals surface area contributed by atoms with Gasteiger partial charge >= 0.3 is 0 Å². The zero-order chi connectivity index (χ0) is 21.1. The van der Waals surface area contributed by atoms with Crippen LogP contribution < -0.4 is 4.90 Å². The van der Waals surface area contributed by atoms with Gasteiger partial charge in [0.15, 0.2) is 0 Å². The van der Waals surface area contributed by atoms with Crippen LogP contribution in [-0.4, -0.2) is 30.1 Å². The average molecular weight is 415 g/mol. The molecule has 0 amide bonds. The first-order valence-corrected chi connectivity index (χ1v) is 10.2. The highest BCUT2D eigenvalue weighted by molar-refractivity contribution is 5.83. The molecule has 1 atom stereocenters. The van der Waals surface area contributed by atoms with Crippen LogP contribution in [0.5, 0.6) is 0 Å². The lowest BCUT2D eigenvalue weighted by atomic mass is 9.83. The van der Waals surface area contributed by atoms with Gasteiger partial charge in [-0.15, -0.1) is 0 Å². The summed E-state index contributed by atoms with van der Waals surface area (Å²) in [5, 5.41) is 0. The van der Waals surface area contributed by atoms with Gasteiger partial charge in [0, 0.05) is 55.1 Å². The minimum Gasteiger partial charge on any atom is -0.339 e. The van der Waals surface area contributed by atoms with Gasteiger partial charge in [-0.2, -0.15) is 0 Å². The Morgan fingerprint density at radius 1 is 1.13 bits per heavy atom. The van der Waals surface area contributed by atoms with Crippen LogP contribution >= 0.6 is 0 Å². The van der Waals surface area contributed by atoms with Crippen LogP contribution in [0.4, 0.5) is 18.9 Å². The first-order valence-electron chi connectivity index (χ1n) is 10.2. The Hall–Kier alpha value is -2.67. The number of aromatic nitrogens is 1. The molecule has 2 aliphatic rings. The number of alkyl halides is 2. The van der Waals surface area contributed by atoms with Gasteiger partial charge in [-0.1, -0.05) is 18.2 Å². The van der Waals surface area contributed by atoms with Crippen LogP contribution in [0.3, 0.4) is 0 Å². The quantitative estimate of drug-likeness (QED) is 0.610. The van der Waals surface area contributed by atoms with Crippen molar-refractivity contribution >= 4 is 11.9 Å². The second-order valence-electron chi connectivity index (χ2n) is 7.53. The Bertz CT molecular complexity index is 950. The van der Waals surface area contributed by atoms with Gasteiger partial charge in [0.1, 0.15) is 5.82 Å². The number of nitrogens with zero attached hydrogens (tertiary/aromatic N) is 3. The minimum absolute atomic E-state index is 0.145. The van der Waals surface area contributed by atoms with Gasteiger partial charge in [0.05, 0.1) is 11.4 Å². The van der Waals surface area contributed by atoms with Crippen molar-refractivity contribution in [3.63, 3.8) is 0 Å². The molecule has 30 heavy (non-hydrogen) atoms. The van der Waals surface area contributed by atoms with E-state index in [1.807, 2.05) is 18.0 Å². The second-order valence-corrected chi connectivity index (χ2v) is 7.53. The van der Waals surface area contributed by atoms with E-state index in [2.05, 4.69) is 9.98 Å². The van der Waals surface area contributed by atoms with Crippen molar-refractivity contribution in [3.05, 3.63) is 60.3 Å². The fourth-order valence-electron chi connectivity index (χ4n) is 4.11. The van der Waals surface area contributed by atoms with Crippen molar-refractivity contribution in [3.8, 4) is 11.1 Å². The molecule has 4 nitrogen and oxygen atoms in total. The van der Waals surface area contributed by atoms with E-state index in [9.17, 15) is 13.2 Å². The van der Waals surface area contributed by atoms with E-state index in [1.54, 1.807) is 42.8 Å². The maximum absolute atomic E-state index is 14.7. The molecule has 0 spiro atoms. The van der Waals surface area contributed by atoms with Gasteiger partial charge in [0.25, 0.3) is 0 Å². The molecule has 1 unspecified atom stereocenters. The van der Waals surface area contributed by atoms with E-state index in [-0.39, 0.29) is 24.6 Å². The highest BCUT2D eigenvalue weighted by Gasteiger charge is 2.38. The van der Waals surface area contributed by atoms with E-state index >= 15 is 0 Å². The summed E-state index contributed by atoms with van der Waals surface area (Å²) in [6, 6.07) is 8.28. The fraction of sp³-hybridized carbons (Fsp3) is 0.391. The smallest absolute Gasteiger partial charge is 0.248 e. The Morgan fingerprint density at radius 3 is 2.63 bits per heavy atom. The van der Waals surface area contributed by atoms with E-state index in [0.29, 0.717) is 42.0 Å². The molecular formula is C23H24F3N3O. The van der Waals surface area contributed by atoms with Crippen molar-refractivity contribution < 1.29 is 17.9 Å². The van der Waals surface area contributed by atoms with Crippen LogP contribution in [0.15, 0.2) is 53.8 Å². The molecule has 1 aromatic heterocycles. The molecule has 1 aromatic carbocycles. The predicted molar refractivity (Wildman–Crippen MR) is 111 cm³/mol. The Labute approximate surface area is 174 Å². The summed E-state index contributed by atoms with van der Waals surface area (Å²) in [4.78, 5) is 10.8. The van der Waals surface area contributed by atoms with Crippen LogP contribution in [-0.2, 0) is 4.74 Å². The topological polar surface area (TPSA) is 37.7 Å². The van der Waals surface area contributed by atoms with Crippen molar-refractivity contribution in [2.24, 2.45) is 4.99 Å². The lowest BCUT2D eigenvalue weighted by Gasteiger charge is -2.35. The van der Waals surface area contributed by atoms with Crippen molar-refractivity contribution in [1.29, 1.82) is 0 Å². The maximum Gasteiger partial charge on any atom is 0.248 e. The number of pyridine rings is 1. The normalized spacial score (nSPS) is 21.2. The zero-order valence-corrected chi connectivity index (χ0v) is 16.8. The number of rotatable bonds is 5. The number of allylic oxidation sites excluding steroid dienone is 1. The molecule has 0 radical (unpaired) electrons. The van der Waals surface area contributed by atoms with Crippen molar-refractivity contribution in [2.75, 3.05) is 11.5 Å². The van der Waals surface area contributed by atoms with Gasteiger partial charge in [-0.3, -0.25) is 4.98 Å². The van der Waals surface area contributed by atoms with E-state index in [4.69, 9.17) is 4.74 Å². The first-order chi connectivity index (χ1) is 14.5. The number of anilines is 1. The number of hydrogen-bond acceptors (Lipinski definition) is 4. The summed E-state index contributed by atoms with van der Waals surface area (Å²) in [5.74, 6) is -3.14. The number of ether oxygens (including phenoxy) is 1. The summed E-state index contributed by atoms with van der Waals surface area (Å²) in [5.41, 5.74) is 2.40. The van der Waals surface area contributed by atoms with E-state index in [1.165, 1.54) is 6.07 Å². The molecule has 1 aliphatic carbocycles. The molecule has 2 aromatic rings. The zero-order valence-electron chi connectivity index (χ0n) is 16.8. The van der Waals surface area contributed by atoms with E-state index < -0.39 is 12.3 Å². The number of hydrogen-bond donors (Lipinski definition) is 0. The maximum atomic E-state index is 14.7. The molecule has 2 heterocycles. The monoisotopic (exact) mass is 415 g/mol. The van der Waals surface area contributed by atoms with Crippen LogP contribution in [0.2, 0.25) is 0 Å². The van der Waals surface area contributed by atoms with Crippen molar-refractivity contribution in [2.45, 2.75) is 50.8 Å². The van der Waals surface area contributed by atoms with E-state index in [0.717, 1.165) is 0 Å². The highest BCUT2D eigenvalue weighted by Crippen LogP contribution is 2.46. The Morgan fingerprint density at radius 2 is 1.90 bits per heavy atom. The third-order valence-electron chi connectivity index (χ3n) is 5.58. The van der Waals surface area contributed by atoms with Crippen molar-refractivity contribution in [1.82, 2.24) is 4.98 Å². The average Bonchev–Trinajstić information content (AvgIpc) is 2.74. The largest absolute Gasteiger partial charge is 0.339 e. The first kappa shape index (κ1) is 20.6. The SMILES string of the molecule is CCOC1N=CC=CN1c1c(-c2ccccc2F)ccnc1C1CCC(F)(F)CC1. The lowest BCUT2D eigenvalue weighted by molar-refractivity contribution is -0.0384.